The number of unbranched alkanes of at least 4 members (excludes halogenated alkanes) is 5. The van der Waals surface area contributed by atoms with Gasteiger partial charge >= 0.3 is 0 Å². The number of rotatable bonds is 17. The zero-order valence-corrected chi connectivity index (χ0v) is 31.6. The Bertz CT molecular complexity index is 2040. The predicted octanol–water partition coefficient (Wildman–Crippen LogP) is 4.80. The number of aromatic amines is 1. The average molecular weight is 718 g/mol. The Hall–Kier alpha value is -5.14. The van der Waals surface area contributed by atoms with E-state index in [4.69, 9.17) is 5.73 Å². The molecule has 280 valence electrons. The number of carbonyl (C=O) groups excluding carboxylic acids is 3. The molecule has 10 heteroatoms. The molecular formula is C43H55N7O3. The van der Waals surface area contributed by atoms with Gasteiger partial charge in [0, 0.05) is 78.0 Å². The molecule has 10 nitrogen and oxygen atoms in total. The van der Waals surface area contributed by atoms with Crippen LogP contribution in [0.15, 0.2) is 54.7 Å². The van der Waals surface area contributed by atoms with Crippen molar-refractivity contribution in [3.63, 3.8) is 0 Å². The van der Waals surface area contributed by atoms with Crippen molar-refractivity contribution >= 4 is 41.3 Å². The summed E-state index contributed by atoms with van der Waals surface area (Å²) < 4.78 is 2.12. The molecule has 0 spiro atoms. The average Bonchev–Trinajstić information content (AvgIpc) is 3.92. The normalized spacial score (nSPS) is 15.7. The van der Waals surface area contributed by atoms with E-state index in [0.717, 1.165) is 80.5 Å². The summed E-state index contributed by atoms with van der Waals surface area (Å²) in [6.07, 6.45) is 16.7. The van der Waals surface area contributed by atoms with Crippen LogP contribution in [0.2, 0.25) is 0 Å². The second kappa shape index (κ2) is 19.6. The molecule has 2 unspecified atom stereocenters. The lowest BCUT2D eigenvalue weighted by Crippen LogP contribution is -2.41. The standard InChI is InChI=1S/C43H55N7O3/c1-4-49(37(31-51)20-23-42(52)45-2)43(53)34-16-12-15-32(26-34)14-10-8-6-5-7-9-11-25-50-40-22-19-33(27-36(40)30-46-50)18-21-38-35(29-44)28-39(47-38)41-17-13-24-48(41)3/h12,15-16,19,21-22,26-31,37,41,47H,4-9,11,13,17-18,20,23-25,44H2,1-3H3,(H,45,52)/b35-29-,38-21+. The van der Waals surface area contributed by atoms with Crippen LogP contribution < -0.4 is 21.6 Å². The Labute approximate surface area is 313 Å². The number of likely N-dealkylation sites (N-methyl/N-ethyl adjacent to an activating group) is 1. The molecule has 0 saturated carbocycles. The summed E-state index contributed by atoms with van der Waals surface area (Å²) in [7, 11) is 3.75. The summed E-state index contributed by atoms with van der Waals surface area (Å²) in [5.74, 6) is 6.06. The SMILES string of the molecule is CCN(C(=O)c1cccc(C#CCCCCCCCn2ncc3cc(C/C=c4/[nH]c(C5CCCN5C)c/c4=C/N)ccc32)c1)C(C=O)CCC(=O)NC. The Kier molecular flexibility index (Phi) is 14.5. The minimum absolute atomic E-state index is 0.156. The van der Waals surface area contributed by atoms with Crippen molar-refractivity contribution < 1.29 is 14.4 Å². The second-order valence-corrected chi connectivity index (χ2v) is 14.0. The van der Waals surface area contributed by atoms with E-state index in [0.29, 0.717) is 18.2 Å². The highest BCUT2D eigenvalue weighted by molar-refractivity contribution is 5.96. The molecule has 2 aromatic carbocycles. The van der Waals surface area contributed by atoms with Crippen molar-refractivity contribution in [2.24, 2.45) is 5.73 Å². The van der Waals surface area contributed by atoms with Gasteiger partial charge in [-0.15, -0.1) is 0 Å². The van der Waals surface area contributed by atoms with Gasteiger partial charge in [-0.2, -0.15) is 5.10 Å². The lowest BCUT2D eigenvalue weighted by atomic mass is 10.1. The van der Waals surface area contributed by atoms with Crippen LogP contribution in [0.3, 0.4) is 0 Å². The van der Waals surface area contributed by atoms with Crippen molar-refractivity contribution in [3.05, 3.63) is 87.7 Å². The monoisotopic (exact) mass is 717 g/mol. The van der Waals surface area contributed by atoms with E-state index in [1.807, 2.05) is 25.3 Å². The van der Waals surface area contributed by atoms with E-state index in [9.17, 15) is 14.4 Å². The van der Waals surface area contributed by atoms with E-state index in [1.54, 1.807) is 25.4 Å². The Morgan fingerprint density at radius 1 is 1.13 bits per heavy atom. The van der Waals surface area contributed by atoms with Crippen LogP contribution in [-0.4, -0.2) is 75.9 Å². The molecule has 0 aliphatic carbocycles. The first kappa shape index (κ1) is 39.1. The van der Waals surface area contributed by atoms with Gasteiger partial charge in [0.25, 0.3) is 5.91 Å². The molecule has 4 aromatic rings. The number of aryl methyl sites for hydroxylation is 1. The van der Waals surface area contributed by atoms with Crippen LogP contribution >= 0.6 is 0 Å². The summed E-state index contributed by atoms with van der Waals surface area (Å²) in [4.78, 5) is 44.2. The topological polar surface area (TPSA) is 129 Å². The van der Waals surface area contributed by atoms with E-state index >= 15 is 0 Å². The first-order valence-electron chi connectivity index (χ1n) is 19.2. The molecule has 2 aromatic heterocycles. The third-order valence-corrected chi connectivity index (χ3v) is 10.3. The smallest absolute Gasteiger partial charge is 0.254 e. The molecule has 53 heavy (non-hydrogen) atoms. The van der Waals surface area contributed by atoms with Crippen LogP contribution in [0.5, 0.6) is 0 Å². The van der Waals surface area contributed by atoms with E-state index in [2.05, 4.69) is 74.2 Å². The maximum absolute atomic E-state index is 13.2. The number of fused-ring (bicyclic) bond motifs is 1. The lowest BCUT2D eigenvalue weighted by molar-refractivity contribution is -0.121. The van der Waals surface area contributed by atoms with Crippen molar-refractivity contribution in [2.75, 3.05) is 27.2 Å². The zero-order chi connectivity index (χ0) is 37.6. The number of nitrogens with zero attached hydrogens (tertiary/aromatic N) is 4. The molecule has 1 saturated heterocycles. The summed E-state index contributed by atoms with van der Waals surface area (Å²) in [5.41, 5.74) is 10.9. The van der Waals surface area contributed by atoms with Crippen molar-refractivity contribution in [1.29, 1.82) is 0 Å². The van der Waals surface area contributed by atoms with Gasteiger partial charge in [0.2, 0.25) is 5.91 Å². The largest absolute Gasteiger partial charge is 0.404 e. The van der Waals surface area contributed by atoms with Crippen LogP contribution in [-0.2, 0) is 22.6 Å². The minimum atomic E-state index is -0.654. The number of aromatic nitrogens is 3. The fourth-order valence-corrected chi connectivity index (χ4v) is 7.26. The zero-order valence-electron chi connectivity index (χ0n) is 31.6. The van der Waals surface area contributed by atoms with Crippen molar-refractivity contribution in [2.45, 2.75) is 96.2 Å². The van der Waals surface area contributed by atoms with Crippen LogP contribution in [0.4, 0.5) is 0 Å². The number of carbonyl (C=O) groups is 3. The molecule has 1 aliphatic rings. The van der Waals surface area contributed by atoms with Gasteiger partial charge in [-0.3, -0.25) is 19.2 Å². The number of H-pyrrole nitrogens is 1. The molecule has 2 atom stereocenters. The maximum Gasteiger partial charge on any atom is 0.254 e. The summed E-state index contributed by atoms with van der Waals surface area (Å²) in [6.45, 7) is 4.24. The highest BCUT2D eigenvalue weighted by Crippen LogP contribution is 2.27. The number of amides is 2. The van der Waals surface area contributed by atoms with Crippen molar-refractivity contribution in [1.82, 2.24) is 29.9 Å². The van der Waals surface area contributed by atoms with Crippen LogP contribution in [0.1, 0.15) is 104 Å². The number of nitrogens with two attached hydrogens (primary N) is 1. The number of benzene rings is 2. The minimum Gasteiger partial charge on any atom is -0.404 e. The summed E-state index contributed by atoms with van der Waals surface area (Å²) in [6, 6.07) is 15.8. The van der Waals surface area contributed by atoms with Gasteiger partial charge in [-0.1, -0.05) is 49.3 Å². The molecule has 1 aliphatic heterocycles. The summed E-state index contributed by atoms with van der Waals surface area (Å²) >= 11 is 0. The highest BCUT2D eigenvalue weighted by Gasteiger charge is 2.24. The first-order valence-corrected chi connectivity index (χ1v) is 19.2. The molecule has 0 radical (unpaired) electrons. The number of hydrogen-bond acceptors (Lipinski definition) is 6. The Morgan fingerprint density at radius 3 is 2.72 bits per heavy atom. The fourth-order valence-electron chi connectivity index (χ4n) is 7.26. The van der Waals surface area contributed by atoms with Gasteiger partial charge < -0.3 is 25.7 Å². The second-order valence-electron chi connectivity index (χ2n) is 14.0. The Balaban J connectivity index is 1.04. The van der Waals surface area contributed by atoms with Gasteiger partial charge in [-0.25, -0.2) is 0 Å². The number of likely N-dealkylation sites (tertiary alicyclic amines) is 1. The molecular weight excluding hydrogens is 663 g/mol. The number of aldehydes is 1. The number of hydrogen-bond donors (Lipinski definition) is 3. The van der Waals surface area contributed by atoms with Gasteiger partial charge in [-0.05, 0) is 101 Å². The molecule has 4 N–H and O–H groups in total. The van der Waals surface area contributed by atoms with Crippen LogP contribution in [0.25, 0.3) is 23.2 Å². The predicted molar refractivity (Wildman–Crippen MR) is 212 cm³/mol. The Morgan fingerprint density at radius 2 is 1.96 bits per heavy atom. The molecule has 1 fully saturated rings. The van der Waals surface area contributed by atoms with Gasteiger partial charge in [0.15, 0.2) is 0 Å². The first-order chi connectivity index (χ1) is 25.8. The van der Waals surface area contributed by atoms with Gasteiger partial charge in [0.1, 0.15) is 6.29 Å². The number of nitrogens with one attached hydrogen (secondary N) is 2. The lowest BCUT2D eigenvalue weighted by Gasteiger charge is -2.27. The fraction of sp³-hybridized carbons (Fsp3) is 0.442. The molecule has 3 heterocycles. The van der Waals surface area contributed by atoms with E-state index in [1.165, 1.54) is 39.9 Å². The quantitative estimate of drug-likeness (QED) is 0.0819. The van der Waals surface area contributed by atoms with Crippen LogP contribution in [0, 0.1) is 11.8 Å². The van der Waals surface area contributed by atoms with Gasteiger partial charge in [0.05, 0.1) is 17.8 Å². The summed E-state index contributed by atoms with van der Waals surface area (Å²) in [5, 5.41) is 10.6. The third kappa shape index (κ3) is 10.5. The maximum atomic E-state index is 13.2. The highest BCUT2D eigenvalue weighted by atomic mass is 16.2. The van der Waals surface area contributed by atoms with Crippen molar-refractivity contribution in [3.8, 4) is 11.8 Å². The molecule has 5 rings (SSSR count). The molecule has 0 bridgehead atoms. The van der Waals surface area contributed by atoms with E-state index < -0.39 is 6.04 Å². The van der Waals surface area contributed by atoms with E-state index in [-0.39, 0.29) is 24.7 Å². The molecule has 2 amide bonds. The third-order valence-electron chi connectivity index (χ3n) is 10.3.